The van der Waals surface area contributed by atoms with Crippen molar-refractivity contribution < 1.29 is 4.79 Å². The van der Waals surface area contributed by atoms with Crippen molar-refractivity contribution in [1.82, 2.24) is 5.32 Å². The number of carbonyl (C=O) groups excluding carboxylic acids is 1. The highest BCUT2D eigenvalue weighted by Gasteiger charge is 2.20. The summed E-state index contributed by atoms with van der Waals surface area (Å²) in [6.07, 6.45) is 1.36. The molecule has 3 nitrogen and oxygen atoms in total. The molecule has 21 heavy (non-hydrogen) atoms. The summed E-state index contributed by atoms with van der Waals surface area (Å²) in [4.78, 5) is 12.6. The van der Waals surface area contributed by atoms with Crippen LogP contribution in [0.3, 0.4) is 0 Å². The van der Waals surface area contributed by atoms with Crippen LogP contribution in [-0.2, 0) is 11.2 Å². The summed E-state index contributed by atoms with van der Waals surface area (Å²) in [5.74, 6) is 0.0970. The summed E-state index contributed by atoms with van der Waals surface area (Å²) in [7, 11) is 0. The van der Waals surface area contributed by atoms with Crippen LogP contribution in [-0.4, -0.2) is 12.5 Å². The maximum atomic E-state index is 11.4. The van der Waals surface area contributed by atoms with Crippen molar-refractivity contribution in [2.45, 2.75) is 25.8 Å². The SMILES string of the molecule is CCNC(c1ccc2c(c1)CCC(=O)N2)c1sccc1Cl. The molecule has 3 rings (SSSR count). The maximum absolute atomic E-state index is 11.4. The van der Waals surface area contributed by atoms with E-state index in [1.54, 1.807) is 11.3 Å². The van der Waals surface area contributed by atoms with Gasteiger partial charge in [-0.1, -0.05) is 30.7 Å². The van der Waals surface area contributed by atoms with Gasteiger partial charge in [0.15, 0.2) is 0 Å². The predicted octanol–water partition coefficient (Wildman–Crippen LogP) is 3.99. The van der Waals surface area contributed by atoms with E-state index in [-0.39, 0.29) is 11.9 Å². The molecule has 1 aromatic carbocycles. The summed E-state index contributed by atoms with van der Waals surface area (Å²) in [6, 6.07) is 8.27. The van der Waals surface area contributed by atoms with Gasteiger partial charge >= 0.3 is 0 Å². The van der Waals surface area contributed by atoms with E-state index in [0.29, 0.717) is 6.42 Å². The number of carbonyl (C=O) groups is 1. The molecule has 1 atom stereocenters. The highest BCUT2D eigenvalue weighted by molar-refractivity contribution is 7.10. The Morgan fingerprint density at radius 1 is 1.38 bits per heavy atom. The Morgan fingerprint density at radius 2 is 2.24 bits per heavy atom. The van der Waals surface area contributed by atoms with Gasteiger partial charge in [-0.3, -0.25) is 4.79 Å². The molecule has 5 heteroatoms. The molecule has 2 N–H and O–H groups in total. The number of thiophene rings is 1. The molecule has 0 spiro atoms. The number of aryl methyl sites for hydroxylation is 1. The summed E-state index contributed by atoms with van der Waals surface area (Å²) < 4.78 is 0. The number of fused-ring (bicyclic) bond motifs is 1. The van der Waals surface area contributed by atoms with Gasteiger partial charge in [0.2, 0.25) is 5.91 Å². The highest BCUT2D eigenvalue weighted by atomic mass is 35.5. The van der Waals surface area contributed by atoms with Gasteiger partial charge in [0.25, 0.3) is 0 Å². The molecule has 1 aliphatic heterocycles. The molecule has 2 aromatic rings. The van der Waals surface area contributed by atoms with Crippen molar-refractivity contribution in [3.8, 4) is 0 Å². The standard InChI is InChI=1S/C16H17ClN2OS/c1-2-18-15(16-12(17)7-8-21-16)11-3-5-13-10(9-11)4-6-14(20)19-13/h3,5,7-9,15,18H,2,4,6H2,1H3,(H,19,20). The average molecular weight is 321 g/mol. The molecule has 1 amide bonds. The van der Waals surface area contributed by atoms with Gasteiger partial charge in [0.1, 0.15) is 0 Å². The van der Waals surface area contributed by atoms with E-state index in [1.807, 2.05) is 17.5 Å². The van der Waals surface area contributed by atoms with Crippen LogP contribution in [0.5, 0.6) is 0 Å². The zero-order valence-electron chi connectivity index (χ0n) is 11.8. The Hall–Kier alpha value is -1.36. The minimum atomic E-state index is 0.0970. The van der Waals surface area contributed by atoms with Gasteiger partial charge in [-0.25, -0.2) is 0 Å². The lowest BCUT2D eigenvalue weighted by Crippen LogP contribution is -2.23. The number of rotatable bonds is 4. The largest absolute Gasteiger partial charge is 0.326 e. The van der Waals surface area contributed by atoms with Crippen LogP contribution in [0.15, 0.2) is 29.6 Å². The quantitative estimate of drug-likeness (QED) is 0.894. The fourth-order valence-electron chi connectivity index (χ4n) is 2.66. The second-order valence-electron chi connectivity index (χ2n) is 5.09. The van der Waals surface area contributed by atoms with Crippen LogP contribution in [0.4, 0.5) is 5.69 Å². The van der Waals surface area contributed by atoms with Crippen molar-refractivity contribution in [2.75, 3.05) is 11.9 Å². The molecule has 0 bridgehead atoms. The molecule has 2 heterocycles. The predicted molar refractivity (Wildman–Crippen MR) is 88.2 cm³/mol. The summed E-state index contributed by atoms with van der Waals surface area (Å²) >= 11 is 7.96. The van der Waals surface area contributed by atoms with E-state index in [0.717, 1.165) is 28.6 Å². The zero-order valence-corrected chi connectivity index (χ0v) is 13.4. The van der Waals surface area contributed by atoms with Gasteiger partial charge in [0.05, 0.1) is 11.1 Å². The topological polar surface area (TPSA) is 41.1 Å². The molecule has 0 saturated heterocycles. The van der Waals surface area contributed by atoms with Gasteiger partial charge in [0, 0.05) is 17.0 Å². The van der Waals surface area contributed by atoms with E-state index in [9.17, 15) is 4.79 Å². The average Bonchev–Trinajstić information content (AvgIpc) is 2.90. The Balaban J connectivity index is 1.97. The molecular formula is C16H17ClN2OS. The van der Waals surface area contributed by atoms with E-state index in [1.165, 1.54) is 11.1 Å². The van der Waals surface area contributed by atoms with E-state index in [2.05, 4.69) is 29.7 Å². The van der Waals surface area contributed by atoms with Gasteiger partial charge in [-0.15, -0.1) is 11.3 Å². The van der Waals surface area contributed by atoms with Crippen molar-refractivity contribution in [2.24, 2.45) is 0 Å². The molecule has 110 valence electrons. The number of halogens is 1. The zero-order chi connectivity index (χ0) is 14.8. The minimum Gasteiger partial charge on any atom is -0.326 e. The Bertz CT molecular complexity index is 668. The number of hydrogen-bond donors (Lipinski definition) is 2. The van der Waals surface area contributed by atoms with Crippen LogP contribution < -0.4 is 10.6 Å². The fraction of sp³-hybridized carbons (Fsp3) is 0.312. The van der Waals surface area contributed by atoms with Crippen molar-refractivity contribution in [3.05, 3.63) is 50.7 Å². The molecule has 0 fully saturated rings. The van der Waals surface area contributed by atoms with Crippen molar-refractivity contribution in [3.63, 3.8) is 0 Å². The van der Waals surface area contributed by atoms with Crippen molar-refractivity contribution >= 4 is 34.5 Å². The molecule has 0 radical (unpaired) electrons. The number of nitrogens with one attached hydrogen (secondary N) is 2. The second-order valence-corrected chi connectivity index (χ2v) is 6.44. The Kier molecular flexibility index (Phi) is 4.29. The molecular weight excluding hydrogens is 304 g/mol. The lowest BCUT2D eigenvalue weighted by Gasteiger charge is -2.22. The third-order valence-electron chi connectivity index (χ3n) is 3.67. The first-order valence-electron chi connectivity index (χ1n) is 7.08. The number of amides is 1. The first kappa shape index (κ1) is 14.6. The molecule has 1 aliphatic rings. The van der Waals surface area contributed by atoms with Crippen LogP contribution in [0.2, 0.25) is 5.02 Å². The minimum absolute atomic E-state index is 0.0970. The number of anilines is 1. The van der Waals surface area contributed by atoms with Crippen molar-refractivity contribution in [1.29, 1.82) is 0 Å². The third kappa shape index (κ3) is 2.98. The van der Waals surface area contributed by atoms with Crippen LogP contribution in [0.1, 0.15) is 35.4 Å². The van der Waals surface area contributed by atoms with Crippen LogP contribution in [0.25, 0.3) is 0 Å². The van der Waals surface area contributed by atoms with Crippen LogP contribution >= 0.6 is 22.9 Å². The summed E-state index contributed by atoms with van der Waals surface area (Å²) in [6.45, 7) is 2.96. The normalized spacial score (nSPS) is 15.4. The van der Waals surface area contributed by atoms with Gasteiger partial charge < -0.3 is 10.6 Å². The summed E-state index contributed by atoms with van der Waals surface area (Å²) in [5.41, 5.74) is 3.32. The third-order valence-corrected chi connectivity index (χ3v) is 5.10. The van der Waals surface area contributed by atoms with Crippen LogP contribution in [0, 0.1) is 0 Å². The monoisotopic (exact) mass is 320 g/mol. The highest BCUT2D eigenvalue weighted by Crippen LogP contribution is 2.35. The Labute approximate surface area is 133 Å². The smallest absolute Gasteiger partial charge is 0.224 e. The van der Waals surface area contributed by atoms with E-state index >= 15 is 0 Å². The first-order chi connectivity index (χ1) is 10.2. The number of hydrogen-bond acceptors (Lipinski definition) is 3. The lowest BCUT2D eigenvalue weighted by atomic mass is 9.96. The first-order valence-corrected chi connectivity index (χ1v) is 8.33. The van der Waals surface area contributed by atoms with Gasteiger partial charge in [-0.05, 0) is 41.6 Å². The van der Waals surface area contributed by atoms with E-state index in [4.69, 9.17) is 11.6 Å². The molecule has 0 aliphatic carbocycles. The second kappa shape index (κ2) is 6.18. The van der Waals surface area contributed by atoms with E-state index < -0.39 is 0 Å². The number of benzene rings is 1. The molecule has 0 saturated carbocycles. The fourth-order valence-corrected chi connectivity index (χ4v) is 3.93. The van der Waals surface area contributed by atoms with Gasteiger partial charge in [-0.2, -0.15) is 0 Å². The maximum Gasteiger partial charge on any atom is 0.224 e. The lowest BCUT2D eigenvalue weighted by molar-refractivity contribution is -0.116. The summed E-state index contributed by atoms with van der Waals surface area (Å²) in [5, 5.41) is 9.23. The molecule has 1 aromatic heterocycles. The Morgan fingerprint density at radius 3 is 2.95 bits per heavy atom. The molecule has 1 unspecified atom stereocenters.